The Balaban J connectivity index is 1.65. The third-order valence-corrected chi connectivity index (χ3v) is 6.12. The van der Waals surface area contributed by atoms with E-state index in [2.05, 4.69) is 22.4 Å². The number of hydrogen-bond donors (Lipinski definition) is 2. The summed E-state index contributed by atoms with van der Waals surface area (Å²) >= 11 is 1.34. The Hall–Kier alpha value is -2.02. The standard InChI is InChI=1S/C19H27N5OS/c1-12-8-10-15(11-9-12)17-22-23-19(24(17)20)26-14(3)18(25)21-16-7-5-4-6-13(16)2/h8-11,13-14,16H,4-7,20H2,1-3H3,(H,21,25)/t13-,14+,16+/m0/s1. The average Bonchev–Trinajstić information content (AvgIpc) is 2.98. The van der Waals surface area contributed by atoms with Crippen LogP contribution in [0.25, 0.3) is 11.4 Å². The summed E-state index contributed by atoms with van der Waals surface area (Å²) < 4.78 is 1.46. The van der Waals surface area contributed by atoms with E-state index in [1.807, 2.05) is 38.1 Å². The smallest absolute Gasteiger partial charge is 0.233 e. The summed E-state index contributed by atoms with van der Waals surface area (Å²) in [5.74, 6) is 7.34. The first-order valence-corrected chi connectivity index (χ1v) is 10.1. The summed E-state index contributed by atoms with van der Waals surface area (Å²) in [5.41, 5.74) is 2.08. The number of carbonyl (C=O) groups is 1. The van der Waals surface area contributed by atoms with Crippen LogP contribution in [0.1, 0.15) is 45.1 Å². The number of thioether (sulfide) groups is 1. The molecule has 2 aromatic rings. The van der Waals surface area contributed by atoms with Crippen molar-refractivity contribution in [1.82, 2.24) is 20.2 Å². The molecule has 3 N–H and O–H groups in total. The molecule has 1 aromatic carbocycles. The van der Waals surface area contributed by atoms with Crippen molar-refractivity contribution in [2.75, 3.05) is 5.84 Å². The minimum atomic E-state index is -0.276. The molecular formula is C19H27N5OS. The van der Waals surface area contributed by atoms with Crippen molar-refractivity contribution in [3.8, 4) is 11.4 Å². The van der Waals surface area contributed by atoms with Gasteiger partial charge in [-0.3, -0.25) is 4.79 Å². The zero-order valence-electron chi connectivity index (χ0n) is 15.6. The van der Waals surface area contributed by atoms with Gasteiger partial charge >= 0.3 is 0 Å². The second-order valence-corrected chi connectivity index (χ2v) is 8.49. The van der Waals surface area contributed by atoms with E-state index in [0.29, 0.717) is 16.9 Å². The Kier molecular flexibility index (Phi) is 5.86. The van der Waals surface area contributed by atoms with E-state index < -0.39 is 0 Å². The van der Waals surface area contributed by atoms with Crippen molar-refractivity contribution in [3.05, 3.63) is 29.8 Å². The van der Waals surface area contributed by atoms with Crippen LogP contribution < -0.4 is 11.2 Å². The van der Waals surface area contributed by atoms with E-state index in [1.165, 1.54) is 41.3 Å². The van der Waals surface area contributed by atoms with Crippen LogP contribution >= 0.6 is 11.8 Å². The summed E-state index contributed by atoms with van der Waals surface area (Å²) in [4.78, 5) is 12.6. The highest BCUT2D eigenvalue weighted by Crippen LogP contribution is 2.27. The van der Waals surface area contributed by atoms with Crippen molar-refractivity contribution in [3.63, 3.8) is 0 Å². The number of amides is 1. The van der Waals surface area contributed by atoms with E-state index in [0.717, 1.165) is 12.0 Å². The lowest BCUT2D eigenvalue weighted by atomic mass is 9.86. The molecule has 1 aliphatic carbocycles. The van der Waals surface area contributed by atoms with E-state index in [1.54, 1.807) is 0 Å². The molecule has 1 fully saturated rings. The fraction of sp³-hybridized carbons (Fsp3) is 0.526. The molecule has 26 heavy (non-hydrogen) atoms. The number of aromatic nitrogens is 3. The van der Waals surface area contributed by atoms with Crippen molar-refractivity contribution in [2.24, 2.45) is 5.92 Å². The summed E-state index contributed by atoms with van der Waals surface area (Å²) in [7, 11) is 0. The number of aryl methyl sites for hydroxylation is 1. The second kappa shape index (κ2) is 8.12. The van der Waals surface area contributed by atoms with Gasteiger partial charge < -0.3 is 11.2 Å². The molecule has 7 heteroatoms. The van der Waals surface area contributed by atoms with Crippen molar-refractivity contribution < 1.29 is 4.79 Å². The number of nitrogens with two attached hydrogens (primary N) is 1. The van der Waals surface area contributed by atoms with Gasteiger partial charge in [0.15, 0.2) is 5.82 Å². The van der Waals surface area contributed by atoms with Crippen LogP contribution in [0.4, 0.5) is 0 Å². The van der Waals surface area contributed by atoms with E-state index >= 15 is 0 Å². The van der Waals surface area contributed by atoms with Crippen molar-refractivity contribution in [2.45, 2.75) is 62.9 Å². The maximum Gasteiger partial charge on any atom is 0.233 e. The first-order valence-electron chi connectivity index (χ1n) is 9.20. The van der Waals surface area contributed by atoms with Crippen LogP contribution in [-0.2, 0) is 4.79 Å². The number of carbonyl (C=O) groups excluding carboxylic acids is 1. The largest absolute Gasteiger partial charge is 0.352 e. The maximum atomic E-state index is 12.6. The molecule has 3 rings (SSSR count). The summed E-state index contributed by atoms with van der Waals surface area (Å²) in [6, 6.07) is 8.24. The number of hydrogen-bond acceptors (Lipinski definition) is 5. The summed E-state index contributed by atoms with van der Waals surface area (Å²) in [6.45, 7) is 6.13. The quantitative estimate of drug-likeness (QED) is 0.621. The van der Waals surface area contributed by atoms with Crippen LogP contribution in [0.2, 0.25) is 0 Å². The van der Waals surface area contributed by atoms with Crippen molar-refractivity contribution >= 4 is 17.7 Å². The number of nitrogens with zero attached hydrogens (tertiary/aromatic N) is 3. The van der Waals surface area contributed by atoms with Gasteiger partial charge in [0.05, 0.1) is 5.25 Å². The van der Waals surface area contributed by atoms with Gasteiger partial charge in [0.25, 0.3) is 0 Å². The lowest BCUT2D eigenvalue weighted by molar-refractivity contribution is -0.121. The number of nitrogen functional groups attached to an aromatic ring is 1. The zero-order chi connectivity index (χ0) is 18.7. The minimum absolute atomic E-state index is 0.0358. The average molecular weight is 374 g/mol. The molecule has 1 amide bonds. The summed E-state index contributed by atoms with van der Waals surface area (Å²) in [6.07, 6.45) is 4.70. The Morgan fingerprint density at radius 2 is 1.96 bits per heavy atom. The van der Waals surface area contributed by atoms with Gasteiger partial charge in [-0.25, -0.2) is 4.68 Å². The highest BCUT2D eigenvalue weighted by Gasteiger charge is 2.26. The van der Waals surface area contributed by atoms with Crippen LogP contribution in [0.5, 0.6) is 0 Å². The van der Waals surface area contributed by atoms with Gasteiger partial charge in [-0.15, -0.1) is 10.2 Å². The highest BCUT2D eigenvalue weighted by atomic mass is 32.2. The first-order chi connectivity index (χ1) is 12.5. The molecule has 6 nitrogen and oxygen atoms in total. The van der Waals surface area contributed by atoms with Gasteiger partial charge in [-0.1, -0.05) is 61.4 Å². The minimum Gasteiger partial charge on any atom is -0.352 e. The van der Waals surface area contributed by atoms with Gasteiger partial charge in [0.2, 0.25) is 11.1 Å². The molecule has 0 spiro atoms. The Morgan fingerprint density at radius 3 is 2.65 bits per heavy atom. The lowest BCUT2D eigenvalue weighted by Crippen LogP contribution is -2.44. The molecule has 0 aliphatic heterocycles. The lowest BCUT2D eigenvalue weighted by Gasteiger charge is -2.30. The van der Waals surface area contributed by atoms with E-state index in [-0.39, 0.29) is 17.2 Å². The molecule has 0 unspecified atom stereocenters. The maximum absolute atomic E-state index is 12.6. The zero-order valence-corrected chi connectivity index (χ0v) is 16.4. The molecule has 0 saturated heterocycles. The molecule has 1 saturated carbocycles. The summed E-state index contributed by atoms with van der Waals surface area (Å²) in [5, 5.41) is 11.8. The van der Waals surface area contributed by atoms with Gasteiger partial charge in [-0.2, -0.15) is 0 Å². The molecular weight excluding hydrogens is 346 g/mol. The molecule has 1 heterocycles. The van der Waals surface area contributed by atoms with Gasteiger partial charge in [-0.05, 0) is 32.6 Å². The highest BCUT2D eigenvalue weighted by molar-refractivity contribution is 8.00. The second-order valence-electron chi connectivity index (χ2n) is 7.18. The van der Waals surface area contributed by atoms with Crippen molar-refractivity contribution in [1.29, 1.82) is 0 Å². The third kappa shape index (κ3) is 4.20. The molecule has 1 aliphatic rings. The monoisotopic (exact) mass is 373 g/mol. The molecule has 0 radical (unpaired) electrons. The molecule has 1 aromatic heterocycles. The SMILES string of the molecule is Cc1ccc(-c2nnc(S[C@H](C)C(=O)N[C@@H]3CCCC[C@@H]3C)n2N)cc1. The Labute approximate surface area is 158 Å². The van der Waals surface area contributed by atoms with Crippen LogP contribution in [0, 0.1) is 12.8 Å². The Morgan fingerprint density at radius 1 is 1.27 bits per heavy atom. The molecule has 0 bridgehead atoms. The molecule has 140 valence electrons. The number of nitrogens with one attached hydrogen (secondary N) is 1. The van der Waals surface area contributed by atoms with Crippen LogP contribution in [-0.4, -0.2) is 32.1 Å². The topological polar surface area (TPSA) is 85.8 Å². The normalized spacial score (nSPS) is 21.3. The van der Waals surface area contributed by atoms with Gasteiger partial charge in [0.1, 0.15) is 0 Å². The fourth-order valence-electron chi connectivity index (χ4n) is 3.30. The number of rotatable bonds is 5. The van der Waals surface area contributed by atoms with Crippen LogP contribution in [0.3, 0.4) is 0 Å². The third-order valence-electron chi connectivity index (χ3n) is 5.06. The van der Waals surface area contributed by atoms with E-state index in [9.17, 15) is 4.79 Å². The fourth-order valence-corrected chi connectivity index (χ4v) is 4.08. The molecule has 3 atom stereocenters. The van der Waals surface area contributed by atoms with Crippen LogP contribution in [0.15, 0.2) is 29.4 Å². The van der Waals surface area contributed by atoms with E-state index in [4.69, 9.17) is 5.84 Å². The Bertz CT molecular complexity index is 758. The van der Waals surface area contributed by atoms with Gasteiger partial charge in [0, 0.05) is 11.6 Å². The predicted molar refractivity (Wildman–Crippen MR) is 105 cm³/mol. The first kappa shape index (κ1) is 18.8. The number of benzene rings is 1. The predicted octanol–water partition coefficient (Wildman–Crippen LogP) is 3.14.